The average molecular weight is 400 g/mol. The molecule has 4 saturated carbocycles. The Kier molecular flexibility index (Phi) is 5.31. The maximum atomic E-state index is 5.75. The predicted octanol–water partition coefficient (Wildman–Crippen LogP) is 7.47. The van der Waals surface area contributed by atoms with Crippen molar-refractivity contribution in [2.75, 3.05) is 0 Å². The first-order valence-corrected chi connectivity index (χ1v) is 13.1. The number of fused-ring (bicyclic) bond motifs is 4. The van der Waals surface area contributed by atoms with Gasteiger partial charge in [-0.1, -0.05) is 52.1 Å². The molecule has 5 aliphatic rings. The van der Waals surface area contributed by atoms with E-state index in [4.69, 9.17) is 4.84 Å². The zero-order valence-electron chi connectivity index (χ0n) is 19.5. The van der Waals surface area contributed by atoms with Crippen LogP contribution in [0.5, 0.6) is 0 Å². The average Bonchev–Trinajstić information content (AvgIpc) is 3.04. The van der Waals surface area contributed by atoms with E-state index in [0.29, 0.717) is 16.9 Å². The minimum atomic E-state index is 0.395. The maximum Gasteiger partial charge on any atom is 0.128 e. The lowest BCUT2D eigenvalue weighted by Crippen LogP contribution is -2.57. The van der Waals surface area contributed by atoms with E-state index in [1.807, 2.05) is 0 Å². The van der Waals surface area contributed by atoms with Gasteiger partial charge in [-0.3, -0.25) is 0 Å². The van der Waals surface area contributed by atoms with Crippen LogP contribution in [0, 0.1) is 52.3 Å². The molecule has 0 radical (unpaired) electrons. The Balaban J connectivity index is 1.33. The van der Waals surface area contributed by atoms with Gasteiger partial charge in [-0.25, -0.2) is 0 Å². The van der Waals surface area contributed by atoms with E-state index in [9.17, 15) is 0 Å². The van der Waals surface area contributed by atoms with Gasteiger partial charge in [-0.2, -0.15) is 0 Å². The maximum absolute atomic E-state index is 5.75. The van der Waals surface area contributed by atoms with E-state index in [-0.39, 0.29) is 0 Å². The van der Waals surface area contributed by atoms with Crippen molar-refractivity contribution < 1.29 is 4.84 Å². The second-order valence-corrected chi connectivity index (χ2v) is 12.5. The van der Waals surface area contributed by atoms with Gasteiger partial charge in [0.15, 0.2) is 0 Å². The number of oxime groups is 1. The molecule has 1 aliphatic heterocycles. The van der Waals surface area contributed by atoms with Gasteiger partial charge in [0, 0.05) is 5.41 Å². The normalized spacial score (nSPS) is 49.1. The Hall–Kier alpha value is -0.530. The van der Waals surface area contributed by atoms with Gasteiger partial charge in [-0.05, 0) is 105 Å². The highest BCUT2D eigenvalue weighted by atomic mass is 16.6. The van der Waals surface area contributed by atoms with Crippen LogP contribution in [-0.4, -0.2) is 12.3 Å². The smallest absolute Gasteiger partial charge is 0.128 e. The Bertz CT molecular complexity index is 628. The second-order valence-electron chi connectivity index (χ2n) is 12.5. The third kappa shape index (κ3) is 3.21. The number of nitrogens with zero attached hydrogens (tertiary/aromatic N) is 1. The molecule has 5 rings (SSSR count). The minimum Gasteiger partial charge on any atom is -0.393 e. The molecule has 0 amide bonds. The summed E-state index contributed by atoms with van der Waals surface area (Å²) in [4.78, 5) is 5.75. The number of hydrogen-bond donors (Lipinski definition) is 0. The van der Waals surface area contributed by atoms with Crippen LogP contribution >= 0.6 is 0 Å². The van der Waals surface area contributed by atoms with Crippen LogP contribution < -0.4 is 0 Å². The van der Waals surface area contributed by atoms with Crippen molar-refractivity contribution in [1.82, 2.24) is 0 Å². The summed E-state index contributed by atoms with van der Waals surface area (Å²) in [7, 11) is 0. The summed E-state index contributed by atoms with van der Waals surface area (Å²) in [6, 6.07) is 0. The molecule has 0 aromatic heterocycles. The SMILES string of the molecule is CC(C)CCC[C@@H](C)[C@H]1CC[C@H]2[C@@H]3CC[C@H]4CC[C@H]5C[C@]4(C=NO5)[C@H]3CC[C@]12C. The molecule has 9 atom stereocenters. The summed E-state index contributed by atoms with van der Waals surface area (Å²) in [5.74, 6) is 6.47. The molecule has 0 N–H and O–H groups in total. The monoisotopic (exact) mass is 399 g/mol. The van der Waals surface area contributed by atoms with E-state index < -0.39 is 0 Å². The highest BCUT2D eigenvalue weighted by Gasteiger charge is 2.62. The van der Waals surface area contributed by atoms with Crippen LogP contribution in [0.4, 0.5) is 0 Å². The summed E-state index contributed by atoms with van der Waals surface area (Å²) in [6.45, 7) is 10.1. The van der Waals surface area contributed by atoms with E-state index in [1.54, 1.807) is 0 Å². The van der Waals surface area contributed by atoms with Crippen molar-refractivity contribution in [1.29, 1.82) is 0 Å². The Morgan fingerprint density at radius 3 is 2.62 bits per heavy atom. The largest absolute Gasteiger partial charge is 0.393 e. The first kappa shape index (κ1) is 20.4. The van der Waals surface area contributed by atoms with E-state index in [0.717, 1.165) is 41.4 Å². The molecule has 2 heteroatoms. The summed E-state index contributed by atoms with van der Waals surface area (Å²) in [5.41, 5.74) is 1.00. The molecule has 2 nitrogen and oxygen atoms in total. The van der Waals surface area contributed by atoms with Crippen molar-refractivity contribution >= 4 is 6.21 Å². The quantitative estimate of drug-likeness (QED) is 0.470. The summed E-state index contributed by atoms with van der Waals surface area (Å²) in [5, 5.41) is 4.50. The highest BCUT2D eigenvalue weighted by molar-refractivity contribution is 5.68. The Labute approximate surface area is 179 Å². The van der Waals surface area contributed by atoms with E-state index >= 15 is 0 Å². The van der Waals surface area contributed by atoms with Gasteiger partial charge in [-0.15, -0.1) is 0 Å². The van der Waals surface area contributed by atoms with Gasteiger partial charge in [0.05, 0.1) is 6.21 Å². The second kappa shape index (κ2) is 7.56. The molecule has 4 fully saturated rings. The molecule has 164 valence electrons. The zero-order chi connectivity index (χ0) is 20.2. The molecule has 29 heavy (non-hydrogen) atoms. The molecule has 0 saturated heterocycles. The van der Waals surface area contributed by atoms with Crippen molar-refractivity contribution in [3.05, 3.63) is 0 Å². The van der Waals surface area contributed by atoms with Crippen LogP contribution in [0.25, 0.3) is 0 Å². The van der Waals surface area contributed by atoms with Crippen molar-refractivity contribution in [3.63, 3.8) is 0 Å². The molecule has 0 unspecified atom stereocenters. The topological polar surface area (TPSA) is 21.6 Å². The third-order valence-corrected chi connectivity index (χ3v) is 10.9. The van der Waals surface area contributed by atoms with Gasteiger partial charge in [0.2, 0.25) is 0 Å². The molecular formula is C27H45NO. The van der Waals surface area contributed by atoms with E-state index in [2.05, 4.69) is 39.1 Å². The predicted molar refractivity (Wildman–Crippen MR) is 121 cm³/mol. The van der Waals surface area contributed by atoms with Crippen LogP contribution in [0.15, 0.2) is 5.16 Å². The molecule has 1 spiro atoms. The minimum absolute atomic E-state index is 0.395. The Morgan fingerprint density at radius 1 is 0.966 bits per heavy atom. The third-order valence-electron chi connectivity index (χ3n) is 10.9. The summed E-state index contributed by atoms with van der Waals surface area (Å²) < 4.78 is 0. The molecular weight excluding hydrogens is 354 g/mol. The van der Waals surface area contributed by atoms with Gasteiger partial charge in [0.1, 0.15) is 6.10 Å². The lowest BCUT2D eigenvalue weighted by atomic mass is 9.44. The first-order valence-electron chi connectivity index (χ1n) is 13.1. The first-order chi connectivity index (χ1) is 13.9. The van der Waals surface area contributed by atoms with Crippen molar-refractivity contribution in [2.45, 2.75) is 111 Å². The molecule has 4 aliphatic carbocycles. The fourth-order valence-electron chi connectivity index (χ4n) is 9.52. The highest BCUT2D eigenvalue weighted by Crippen LogP contribution is 2.68. The summed E-state index contributed by atoms with van der Waals surface area (Å²) in [6.07, 6.45) is 19.9. The van der Waals surface area contributed by atoms with Crippen LogP contribution in [0.2, 0.25) is 0 Å². The lowest BCUT2D eigenvalue weighted by Gasteiger charge is -2.61. The molecule has 2 bridgehead atoms. The van der Waals surface area contributed by atoms with Crippen molar-refractivity contribution in [2.24, 2.45) is 57.4 Å². The fraction of sp³-hybridized carbons (Fsp3) is 0.963. The van der Waals surface area contributed by atoms with Gasteiger partial charge < -0.3 is 4.84 Å². The van der Waals surface area contributed by atoms with Crippen LogP contribution in [0.3, 0.4) is 0 Å². The van der Waals surface area contributed by atoms with Gasteiger partial charge in [0.25, 0.3) is 0 Å². The molecule has 0 aromatic carbocycles. The Morgan fingerprint density at radius 2 is 1.79 bits per heavy atom. The molecule has 0 aromatic rings. The summed E-state index contributed by atoms with van der Waals surface area (Å²) >= 11 is 0. The van der Waals surface area contributed by atoms with Crippen LogP contribution in [-0.2, 0) is 4.84 Å². The van der Waals surface area contributed by atoms with Crippen LogP contribution in [0.1, 0.15) is 105 Å². The van der Waals surface area contributed by atoms with Gasteiger partial charge >= 0.3 is 0 Å². The fourth-order valence-corrected chi connectivity index (χ4v) is 9.52. The zero-order valence-corrected chi connectivity index (χ0v) is 19.5. The van der Waals surface area contributed by atoms with E-state index in [1.165, 1.54) is 77.0 Å². The number of rotatable bonds is 5. The van der Waals surface area contributed by atoms with Crippen molar-refractivity contribution in [3.8, 4) is 0 Å². The number of hydrogen-bond acceptors (Lipinski definition) is 2. The lowest BCUT2D eigenvalue weighted by molar-refractivity contribution is -0.129. The standard InChI is InChI=1S/C27H45NO/c1-18(2)6-5-7-19(3)23-12-13-24-22-11-9-20-8-10-21-16-27(20,17-28-29-21)25(22)14-15-26(23,24)4/h17-25H,5-16H2,1-4H3/t19-,20-,21+,22+,23-,24+,25+,26-,27-/m1/s1. The molecule has 1 heterocycles.